The Labute approximate surface area is 137 Å². The standard InChI is InChI=1S/C17H21N3O2S/c1-2-3-12-23(21,22)19-15-8-9-17(18-13-15)20-11-10-14-6-4-5-7-16(14)20/h4-9,13,19H,2-3,10-12H2,1H3. The average Bonchev–Trinajstić information content (AvgIpc) is 2.97. The van der Waals surface area contributed by atoms with Gasteiger partial charge in [0.2, 0.25) is 10.0 Å². The molecule has 0 fully saturated rings. The van der Waals surface area contributed by atoms with Crippen LogP contribution in [0.25, 0.3) is 0 Å². The van der Waals surface area contributed by atoms with Crippen LogP contribution < -0.4 is 9.62 Å². The lowest BCUT2D eigenvalue weighted by molar-refractivity contribution is 0.598. The highest BCUT2D eigenvalue weighted by molar-refractivity contribution is 7.92. The average molecular weight is 331 g/mol. The fourth-order valence-electron chi connectivity index (χ4n) is 2.75. The van der Waals surface area contributed by atoms with Crippen molar-refractivity contribution in [1.29, 1.82) is 0 Å². The third-order valence-electron chi connectivity index (χ3n) is 3.95. The molecule has 1 aliphatic heterocycles. The number of unbranched alkanes of at least 4 members (excludes halogenated alkanes) is 1. The van der Waals surface area contributed by atoms with Crippen molar-refractivity contribution >= 4 is 27.2 Å². The number of benzene rings is 1. The zero-order chi connectivity index (χ0) is 16.3. The minimum absolute atomic E-state index is 0.144. The minimum Gasteiger partial charge on any atom is -0.326 e. The van der Waals surface area contributed by atoms with Gasteiger partial charge in [-0.2, -0.15) is 0 Å². The van der Waals surface area contributed by atoms with Crippen molar-refractivity contribution in [2.45, 2.75) is 26.2 Å². The number of rotatable bonds is 6. The van der Waals surface area contributed by atoms with Gasteiger partial charge in [-0.05, 0) is 36.6 Å². The predicted octanol–water partition coefficient (Wildman–Crippen LogP) is 3.32. The third-order valence-corrected chi connectivity index (χ3v) is 5.32. The summed E-state index contributed by atoms with van der Waals surface area (Å²) >= 11 is 0. The Bertz CT molecular complexity index is 773. The molecule has 1 N–H and O–H groups in total. The second-order valence-corrected chi connectivity index (χ2v) is 7.55. The van der Waals surface area contributed by atoms with Gasteiger partial charge in [-0.15, -0.1) is 0 Å². The molecule has 5 nitrogen and oxygen atoms in total. The van der Waals surface area contributed by atoms with E-state index in [2.05, 4.69) is 26.7 Å². The molecule has 0 spiro atoms. The molecule has 23 heavy (non-hydrogen) atoms. The first-order valence-electron chi connectivity index (χ1n) is 7.91. The number of hydrogen-bond donors (Lipinski definition) is 1. The first-order chi connectivity index (χ1) is 11.1. The van der Waals surface area contributed by atoms with Crippen LogP contribution in [0, 0.1) is 0 Å². The molecule has 1 aromatic heterocycles. The van der Waals surface area contributed by atoms with Crippen molar-refractivity contribution in [3.63, 3.8) is 0 Å². The quantitative estimate of drug-likeness (QED) is 0.882. The number of anilines is 3. The Kier molecular flexibility index (Phi) is 4.52. The number of hydrogen-bond acceptors (Lipinski definition) is 4. The largest absolute Gasteiger partial charge is 0.326 e. The van der Waals surface area contributed by atoms with Crippen LogP contribution in [0.4, 0.5) is 17.2 Å². The zero-order valence-corrected chi connectivity index (χ0v) is 14.0. The molecule has 0 radical (unpaired) electrons. The first kappa shape index (κ1) is 15.8. The number of pyridine rings is 1. The number of nitrogens with one attached hydrogen (secondary N) is 1. The van der Waals surface area contributed by atoms with E-state index in [4.69, 9.17) is 0 Å². The summed E-state index contributed by atoms with van der Waals surface area (Å²) in [6.45, 7) is 2.87. The molecule has 0 atom stereocenters. The molecule has 0 saturated carbocycles. The van der Waals surface area contributed by atoms with Crippen molar-refractivity contribution in [3.8, 4) is 0 Å². The van der Waals surface area contributed by atoms with Crippen molar-refractivity contribution < 1.29 is 8.42 Å². The van der Waals surface area contributed by atoms with Crippen molar-refractivity contribution in [2.75, 3.05) is 21.9 Å². The van der Waals surface area contributed by atoms with Crippen LogP contribution in [0.3, 0.4) is 0 Å². The SMILES string of the molecule is CCCCS(=O)(=O)Nc1ccc(N2CCc3ccccc32)nc1. The normalized spacial score (nSPS) is 13.9. The van der Waals surface area contributed by atoms with E-state index < -0.39 is 10.0 Å². The van der Waals surface area contributed by atoms with Crippen molar-refractivity contribution in [1.82, 2.24) is 4.98 Å². The summed E-state index contributed by atoms with van der Waals surface area (Å²) in [5.74, 6) is 0.983. The zero-order valence-electron chi connectivity index (χ0n) is 13.2. The van der Waals surface area contributed by atoms with Gasteiger partial charge in [-0.25, -0.2) is 13.4 Å². The summed E-state index contributed by atoms with van der Waals surface area (Å²) in [5, 5.41) is 0. The van der Waals surface area contributed by atoms with Crippen LogP contribution in [0.15, 0.2) is 42.6 Å². The molecule has 0 bridgehead atoms. The van der Waals surface area contributed by atoms with E-state index >= 15 is 0 Å². The number of fused-ring (bicyclic) bond motifs is 1. The third kappa shape index (κ3) is 3.64. The fourth-order valence-corrected chi connectivity index (χ4v) is 4.00. The van der Waals surface area contributed by atoms with E-state index in [-0.39, 0.29) is 5.75 Å². The van der Waals surface area contributed by atoms with E-state index in [0.29, 0.717) is 12.1 Å². The Morgan fingerprint density at radius 2 is 2.04 bits per heavy atom. The van der Waals surface area contributed by atoms with Crippen molar-refractivity contribution in [2.24, 2.45) is 0 Å². The van der Waals surface area contributed by atoms with Gasteiger partial charge in [-0.3, -0.25) is 4.72 Å². The van der Waals surface area contributed by atoms with E-state index in [9.17, 15) is 8.42 Å². The summed E-state index contributed by atoms with van der Waals surface area (Å²) in [6, 6.07) is 11.9. The number of aromatic nitrogens is 1. The molecule has 122 valence electrons. The molecular weight excluding hydrogens is 310 g/mol. The van der Waals surface area contributed by atoms with Crippen LogP contribution in [-0.2, 0) is 16.4 Å². The Morgan fingerprint density at radius 3 is 2.78 bits per heavy atom. The van der Waals surface area contributed by atoms with Gasteiger partial charge in [0.05, 0.1) is 17.6 Å². The van der Waals surface area contributed by atoms with E-state index in [1.165, 1.54) is 11.3 Å². The molecule has 0 saturated heterocycles. The maximum atomic E-state index is 11.9. The molecule has 3 rings (SSSR count). The molecule has 1 aromatic carbocycles. The Morgan fingerprint density at radius 1 is 1.22 bits per heavy atom. The second kappa shape index (κ2) is 6.58. The predicted molar refractivity (Wildman–Crippen MR) is 93.7 cm³/mol. The summed E-state index contributed by atoms with van der Waals surface area (Å²) in [7, 11) is -3.28. The van der Waals surface area contributed by atoms with Gasteiger partial charge >= 0.3 is 0 Å². The number of para-hydroxylation sites is 1. The minimum atomic E-state index is -3.28. The lowest BCUT2D eigenvalue weighted by atomic mass is 10.2. The van der Waals surface area contributed by atoms with Gasteiger partial charge in [0.15, 0.2) is 0 Å². The second-order valence-electron chi connectivity index (χ2n) is 5.71. The molecule has 2 heterocycles. The van der Waals surface area contributed by atoms with Gasteiger partial charge in [0.25, 0.3) is 0 Å². The molecule has 0 unspecified atom stereocenters. The smallest absolute Gasteiger partial charge is 0.232 e. The topological polar surface area (TPSA) is 62.3 Å². The van der Waals surface area contributed by atoms with Crippen LogP contribution in [0.2, 0.25) is 0 Å². The number of nitrogens with zero attached hydrogens (tertiary/aromatic N) is 2. The molecule has 6 heteroatoms. The summed E-state index contributed by atoms with van der Waals surface area (Å²) in [5.41, 5.74) is 3.01. The van der Waals surface area contributed by atoms with Crippen LogP contribution >= 0.6 is 0 Å². The highest BCUT2D eigenvalue weighted by atomic mass is 32.2. The summed E-state index contributed by atoms with van der Waals surface area (Å²) in [6.07, 6.45) is 4.10. The molecule has 0 aliphatic carbocycles. The lowest BCUT2D eigenvalue weighted by Crippen LogP contribution is -2.17. The molecule has 0 amide bonds. The lowest BCUT2D eigenvalue weighted by Gasteiger charge is -2.18. The first-order valence-corrected chi connectivity index (χ1v) is 9.56. The summed E-state index contributed by atoms with van der Waals surface area (Å²) < 4.78 is 26.4. The van der Waals surface area contributed by atoms with Gasteiger partial charge < -0.3 is 4.90 Å². The Hall–Kier alpha value is -2.08. The van der Waals surface area contributed by atoms with Crippen LogP contribution in [-0.4, -0.2) is 25.7 Å². The van der Waals surface area contributed by atoms with Crippen molar-refractivity contribution in [3.05, 3.63) is 48.2 Å². The van der Waals surface area contributed by atoms with Crippen LogP contribution in [0.5, 0.6) is 0 Å². The Balaban J connectivity index is 1.74. The van der Waals surface area contributed by atoms with E-state index in [1.54, 1.807) is 12.3 Å². The maximum absolute atomic E-state index is 11.9. The molecule has 2 aromatic rings. The van der Waals surface area contributed by atoms with Gasteiger partial charge in [0.1, 0.15) is 5.82 Å². The van der Waals surface area contributed by atoms with E-state index in [1.807, 2.05) is 25.1 Å². The van der Waals surface area contributed by atoms with E-state index in [0.717, 1.165) is 25.2 Å². The maximum Gasteiger partial charge on any atom is 0.232 e. The highest BCUT2D eigenvalue weighted by Crippen LogP contribution is 2.33. The fraction of sp³-hybridized carbons (Fsp3) is 0.353. The summed E-state index contributed by atoms with van der Waals surface area (Å²) in [4.78, 5) is 6.58. The van der Waals surface area contributed by atoms with Crippen LogP contribution in [0.1, 0.15) is 25.3 Å². The number of sulfonamides is 1. The molecule has 1 aliphatic rings. The van der Waals surface area contributed by atoms with Gasteiger partial charge in [0, 0.05) is 12.2 Å². The highest BCUT2D eigenvalue weighted by Gasteiger charge is 2.20. The monoisotopic (exact) mass is 331 g/mol. The molecular formula is C17H21N3O2S. The van der Waals surface area contributed by atoms with Gasteiger partial charge in [-0.1, -0.05) is 31.5 Å².